The van der Waals surface area contributed by atoms with E-state index in [4.69, 9.17) is 4.74 Å². The standard InChI is InChI=1S/C14H21NOS/c1-2-9-15-13-8-10-16-11-14(13)17-12-6-4-3-5-7-12/h3-7,13-15H,2,8-11H2,1H3. The van der Waals surface area contributed by atoms with Crippen LogP contribution in [0.2, 0.25) is 0 Å². The third kappa shape index (κ3) is 4.02. The van der Waals surface area contributed by atoms with Crippen LogP contribution in [-0.4, -0.2) is 31.1 Å². The fourth-order valence-electron chi connectivity index (χ4n) is 2.07. The van der Waals surface area contributed by atoms with Crippen molar-refractivity contribution in [2.75, 3.05) is 19.8 Å². The molecule has 94 valence electrons. The van der Waals surface area contributed by atoms with E-state index in [-0.39, 0.29) is 0 Å². The Kier molecular flexibility index (Phi) is 5.36. The van der Waals surface area contributed by atoms with Gasteiger partial charge in [0.15, 0.2) is 0 Å². The van der Waals surface area contributed by atoms with Crippen molar-refractivity contribution in [1.29, 1.82) is 0 Å². The van der Waals surface area contributed by atoms with E-state index in [0.717, 1.165) is 26.2 Å². The summed E-state index contributed by atoms with van der Waals surface area (Å²) in [5.41, 5.74) is 0. The predicted molar refractivity (Wildman–Crippen MR) is 73.6 cm³/mol. The summed E-state index contributed by atoms with van der Waals surface area (Å²) >= 11 is 1.94. The lowest BCUT2D eigenvalue weighted by Crippen LogP contribution is -2.45. The van der Waals surface area contributed by atoms with E-state index >= 15 is 0 Å². The van der Waals surface area contributed by atoms with E-state index in [1.54, 1.807) is 0 Å². The van der Waals surface area contributed by atoms with E-state index < -0.39 is 0 Å². The highest BCUT2D eigenvalue weighted by Gasteiger charge is 2.25. The lowest BCUT2D eigenvalue weighted by Gasteiger charge is -2.31. The third-order valence-electron chi connectivity index (χ3n) is 2.99. The van der Waals surface area contributed by atoms with Crippen molar-refractivity contribution in [3.05, 3.63) is 30.3 Å². The van der Waals surface area contributed by atoms with Crippen LogP contribution in [0.5, 0.6) is 0 Å². The van der Waals surface area contributed by atoms with Gasteiger partial charge in [0, 0.05) is 22.8 Å². The fraction of sp³-hybridized carbons (Fsp3) is 0.571. The van der Waals surface area contributed by atoms with Crippen LogP contribution in [0.4, 0.5) is 0 Å². The molecule has 1 aromatic carbocycles. The molecule has 2 nitrogen and oxygen atoms in total. The zero-order chi connectivity index (χ0) is 11.9. The van der Waals surface area contributed by atoms with Crippen LogP contribution in [-0.2, 0) is 4.74 Å². The van der Waals surface area contributed by atoms with Gasteiger partial charge in [-0.1, -0.05) is 25.1 Å². The van der Waals surface area contributed by atoms with Gasteiger partial charge in [-0.05, 0) is 31.5 Å². The van der Waals surface area contributed by atoms with Crippen LogP contribution in [0.25, 0.3) is 0 Å². The quantitative estimate of drug-likeness (QED) is 0.869. The molecule has 1 fully saturated rings. The molecular formula is C14H21NOS. The van der Waals surface area contributed by atoms with Gasteiger partial charge in [-0.25, -0.2) is 0 Å². The molecule has 0 aromatic heterocycles. The van der Waals surface area contributed by atoms with Gasteiger partial charge in [-0.15, -0.1) is 11.8 Å². The van der Waals surface area contributed by atoms with Crippen LogP contribution in [0.3, 0.4) is 0 Å². The molecule has 1 heterocycles. The molecule has 1 aromatic rings. The molecule has 0 spiro atoms. The second-order valence-corrected chi connectivity index (χ2v) is 5.71. The summed E-state index contributed by atoms with van der Waals surface area (Å²) in [7, 11) is 0. The number of hydrogen-bond donors (Lipinski definition) is 1. The smallest absolute Gasteiger partial charge is 0.0603 e. The van der Waals surface area contributed by atoms with Crippen molar-refractivity contribution in [3.8, 4) is 0 Å². The maximum atomic E-state index is 5.60. The summed E-state index contributed by atoms with van der Waals surface area (Å²) in [6.45, 7) is 5.08. The number of hydrogen-bond acceptors (Lipinski definition) is 3. The van der Waals surface area contributed by atoms with E-state index in [9.17, 15) is 0 Å². The molecule has 17 heavy (non-hydrogen) atoms. The average Bonchev–Trinajstić information content (AvgIpc) is 2.39. The van der Waals surface area contributed by atoms with E-state index in [2.05, 4.69) is 42.6 Å². The first-order valence-corrected chi connectivity index (χ1v) is 7.31. The maximum absolute atomic E-state index is 5.60. The van der Waals surface area contributed by atoms with Gasteiger partial charge in [-0.2, -0.15) is 0 Å². The van der Waals surface area contributed by atoms with Crippen molar-refractivity contribution in [2.24, 2.45) is 0 Å². The van der Waals surface area contributed by atoms with Crippen molar-refractivity contribution in [3.63, 3.8) is 0 Å². The second-order valence-electron chi connectivity index (χ2n) is 4.39. The van der Waals surface area contributed by atoms with Crippen molar-refractivity contribution in [2.45, 2.75) is 36.0 Å². The fourth-order valence-corrected chi connectivity index (χ4v) is 3.29. The number of nitrogens with one attached hydrogen (secondary N) is 1. The largest absolute Gasteiger partial charge is 0.380 e. The molecule has 2 unspecified atom stereocenters. The zero-order valence-electron chi connectivity index (χ0n) is 10.4. The zero-order valence-corrected chi connectivity index (χ0v) is 11.2. The number of rotatable bonds is 5. The predicted octanol–water partition coefficient (Wildman–Crippen LogP) is 2.94. The van der Waals surface area contributed by atoms with E-state index in [0.29, 0.717) is 11.3 Å². The molecule has 2 atom stereocenters. The molecule has 0 aliphatic carbocycles. The Morgan fingerprint density at radius 2 is 2.18 bits per heavy atom. The summed E-state index contributed by atoms with van der Waals surface area (Å²) in [4.78, 5) is 1.34. The van der Waals surface area contributed by atoms with Crippen LogP contribution in [0, 0.1) is 0 Å². The Morgan fingerprint density at radius 1 is 1.35 bits per heavy atom. The molecule has 1 saturated heterocycles. The average molecular weight is 251 g/mol. The highest BCUT2D eigenvalue weighted by molar-refractivity contribution is 8.00. The molecule has 1 N–H and O–H groups in total. The Balaban J connectivity index is 1.92. The van der Waals surface area contributed by atoms with Gasteiger partial charge >= 0.3 is 0 Å². The highest BCUT2D eigenvalue weighted by Crippen LogP contribution is 2.28. The number of thioether (sulfide) groups is 1. The first kappa shape index (κ1) is 12.9. The highest BCUT2D eigenvalue weighted by atomic mass is 32.2. The van der Waals surface area contributed by atoms with Crippen LogP contribution in [0.15, 0.2) is 35.2 Å². The topological polar surface area (TPSA) is 21.3 Å². The van der Waals surface area contributed by atoms with Crippen molar-refractivity contribution in [1.82, 2.24) is 5.32 Å². The van der Waals surface area contributed by atoms with Gasteiger partial charge in [0.05, 0.1) is 6.61 Å². The van der Waals surface area contributed by atoms with Gasteiger partial charge in [-0.3, -0.25) is 0 Å². The molecule has 0 amide bonds. The normalized spacial score (nSPS) is 24.8. The Labute approximate surface area is 108 Å². The molecular weight excluding hydrogens is 230 g/mol. The minimum atomic E-state index is 0.540. The number of benzene rings is 1. The molecule has 1 aliphatic heterocycles. The van der Waals surface area contributed by atoms with Gasteiger partial charge in [0.25, 0.3) is 0 Å². The molecule has 2 rings (SSSR count). The summed E-state index contributed by atoms with van der Waals surface area (Å²) in [6, 6.07) is 11.2. The number of ether oxygens (including phenoxy) is 1. The summed E-state index contributed by atoms with van der Waals surface area (Å²) in [6.07, 6.45) is 2.32. The van der Waals surface area contributed by atoms with Crippen LogP contribution >= 0.6 is 11.8 Å². The molecule has 3 heteroatoms. The minimum absolute atomic E-state index is 0.540. The third-order valence-corrected chi connectivity index (χ3v) is 4.30. The van der Waals surface area contributed by atoms with Gasteiger partial charge < -0.3 is 10.1 Å². The Hall–Kier alpha value is -0.510. The maximum Gasteiger partial charge on any atom is 0.0603 e. The molecule has 1 aliphatic rings. The second kappa shape index (κ2) is 7.04. The Morgan fingerprint density at radius 3 is 2.94 bits per heavy atom. The van der Waals surface area contributed by atoms with Crippen LogP contribution < -0.4 is 5.32 Å². The minimum Gasteiger partial charge on any atom is -0.380 e. The van der Waals surface area contributed by atoms with Crippen LogP contribution in [0.1, 0.15) is 19.8 Å². The van der Waals surface area contributed by atoms with Gasteiger partial charge in [0.2, 0.25) is 0 Å². The Bertz CT molecular complexity index is 317. The monoisotopic (exact) mass is 251 g/mol. The lowest BCUT2D eigenvalue weighted by atomic mass is 10.1. The van der Waals surface area contributed by atoms with E-state index in [1.807, 2.05) is 11.8 Å². The summed E-state index contributed by atoms with van der Waals surface area (Å²) in [5, 5.41) is 4.18. The van der Waals surface area contributed by atoms with Crippen molar-refractivity contribution < 1.29 is 4.74 Å². The first-order chi connectivity index (χ1) is 8.40. The molecule has 0 saturated carbocycles. The van der Waals surface area contributed by atoms with Crippen molar-refractivity contribution >= 4 is 11.8 Å². The summed E-state index contributed by atoms with van der Waals surface area (Å²) < 4.78 is 5.60. The summed E-state index contributed by atoms with van der Waals surface area (Å²) in [5.74, 6) is 0. The SMILES string of the molecule is CCCNC1CCOCC1Sc1ccccc1. The van der Waals surface area contributed by atoms with E-state index in [1.165, 1.54) is 11.3 Å². The molecule has 0 bridgehead atoms. The first-order valence-electron chi connectivity index (χ1n) is 6.43. The molecule has 0 radical (unpaired) electrons. The lowest BCUT2D eigenvalue weighted by molar-refractivity contribution is 0.0833. The van der Waals surface area contributed by atoms with Gasteiger partial charge in [0.1, 0.15) is 0 Å².